The molecule has 0 amide bonds. The van der Waals surface area contributed by atoms with E-state index in [1.807, 2.05) is 27.7 Å². The van der Waals surface area contributed by atoms with Gasteiger partial charge in [-0.1, -0.05) is 17.7 Å². The summed E-state index contributed by atoms with van der Waals surface area (Å²) < 4.78 is 24.7. The molecule has 0 saturated carbocycles. The lowest BCUT2D eigenvalue weighted by molar-refractivity contribution is -0.383. The van der Waals surface area contributed by atoms with E-state index in [2.05, 4.69) is 31.1 Å². The maximum Gasteiger partial charge on any atom is 0.355 e. The number of anilines is 2. The molecule has 1 heterocycles. The van der Waals surface area contributed by atoms with Crippen LogP contribution in [-0.2, 0) is 10.0 Å². The Morgan fingerprint density at radius 1 is 1.04 bits per heavy atom. The Bertz CT molecular complexity index is 924. The number of rotatable bonds is 7. The molecule has 12 heteroatoms. The summed E-state index contributed by atoms with van der Waals surface area (Å²) in [5, 5.41) is 11.4. The zero-order valence-corrected chi connectivity index (χ0v) is 16.1. The Morgan fingerprint density at radius 2 is 1.59 bits per heavy atom. The minimum atomic E-state index is -3.95. The summed E-state index contributed by atoms with van der Waals surface area (Å²) in [7, 11) is -3.95. The van der Waals surface area contributed by atoms with Gasteiger partial charge in [0.15, 0.2) is 0 Å². The van der Waals surface area contributed by atoms with Crippen molar-refractivity contribution in [3.63, 3.8) is 0 Å². The second kappa shape index (κ2) is 7.82. The number of hydrogen-bond acceptors (Lipinski definition) is 9. The van der Waals surface area contributed by atoms with Crippen LogP contribution in [0.25, 0.3) is 0 Å². The zero-order valence-electron chi connectivity index (χ0n) is 15.3. The third kappa shape index (κ3) is 5.57. The van der Waals surface area contributed by atoms with Crippen molar-refractivity contribution < 1.29 is 13.3 Å². The smallest absolute Gasteiger partial charge is 0.299 e. The fraction of sp³-hybridized carbons (Fsp3) is 0.333. The standard InChI is InChI=1S/C15H21N7O4S/c1-10-5-7-11(8-6-10)27(25,26)21-19-14-12(22(23)24)13(16-9-17-14)18-20-15(2,3)4/h5-9,20-21H,1-4H3,(H2,16,17,18,19). The molecule has 0 bridgehead atoms. The van der Waals surface area contributed by atoms with Crippen LogP contribution < -0.4 is 21.1 Å². The lowest BCUT2D eigenvalue weighted by atomic mass is 10.1. The molecule has 0 radical (unpaired) electrons. The topological polar surface area (TPSA) is 151 Å². The van der Waals surface area contributed by atoms with Crippen molar-refractivity contribution in [1.82, 2.24) is 20.2 Å². The minimum Gasteiger partial charge on any atom is -0.299 e. The first-order chi connectivity index (χ1) is 12.5. The minimum absolute atomic E-state index is 0.00468. The van der Waals surface area contributed by atoms with E-state index in [-0.39, 0.29) is 22.1 Å². The van der Waals surface area contributed by atoms with Gasteiger partial charge in [0.05, 0.1) is 9.82 Å². The molecule has 4 N–H and O–H groups in total. The SMILES string of the molecule is Cc1ccc(S(=O)(=O)NNc2ncnc(NNC(C)(C)C)c2[N+](=O)[O-])cc1. The first-order valence-electron chi connectivity index (χ1n) is 7.87. The van der Waals surface area contributed by atoms with Crippen LogP contribution in [0.4, 0.5) is 17.3 Å². The van der Waals surface area contributed by atoms with Crippen LogP contribution >= 0.6 is 0 Å². The van der Waals surface area contributed by atoms with Gasteiger partial charge in [0.25, 0.3) is 10.0 Å². The highest BCUT2D eigenvalue weighted by atomic mass is 32.2. The molecule has 146 valence electrons. The van der Waals surface area contributed by atoms with E-state index in [0.29, 0.717) is 0 Å². The van der Waals surface area contributed by atoms with Crippen LogP contribution in [0.3, 0.4) is 0 Å². The predicted molar refractivity (Wildman–Crippen MR) is 100 cm³/mol. The maximum atomic E-state index is 12.3. The Kier molecular flexibility index (Phi) is 5.93. The molecule has 2 rings (SSSR count). The number of aromatic nitrogens is 2. The molecule has 0 aliphatic carbocycles. The molecule has 0 unspecified atom stereocenters. The number of benzene rings is 1. The molecule has 0 aliphatic rings. The average molecular weight is 395 g/mol. The van der Waals surface area contributed by atoms with Crippen molar-refractivity contribution in [3.8, 4) is 0 Å². The van der Waals surface area contributed by atoms with Gasteiger partial charge in [-0.2, -0.15) is 0 Å². The van der Waals surface area contributed by atoms with E-state index in [9.17, 15) is 18.5 Å². The molecule has 0 atom stereocenters. The number of hydrazine groups is 2. The molecule has 0 saturated heterocycles. The number of nitrogens with one attached hydrogen (secondary N) is 4. The number of hydrogen-bond donors (Lipinski definition) is 4. The molecular formula is C15H21N7O4S. The summed E-state index contributed by atoms with van der Waals surface area (Å²) in [4.78, 5) is 20.4. The summed E-state index contributed by atoms with van der Waals surface area (Å²) in [5.41, 5.74) is 7.79. The van der Waals surface area contributed by atoms with Crippen molar-refractivity contribution in [3.05, 3.63) is 46.3 Å². The maximum absolute atomic E-state index is 12.3. The highest BCUT2D eigenvalue weighted by Crippen LogP contribution is 2.28. The zero-order chi connectivity index (χ0) is 20.2. The van der Waals surface area contributed by atoms with Crippen LogP contribution in [0.1, 0.15) is 26.3 Å². The Morgan fingerprint density at radius 3 is 2.11 bits per heavy atom. The lowest BCUT2D eigenvalue weighted by Gasteiger charge is -2.21. The third-order valence-corrected chi connectivity index (χ3v) is 4.46. The molecule has 1 aromatic heterocycles. The normalized spacial score (nSPS) is 11.9. The summed E-state index contributed by atoms with van der Waals surface area (Å²) in [6.45, 7) is 7.37. The first-order valence-corrected chi connectivity index (χ1v) is 9.35. The summed E-state index contributed by atoms with van der Waals surface area (Å²) in [6, 6.07) is 6.13. The van der Waals surface area contributed by atoms with Gasteiger partial charge >= 0.3 is 5.69 Å². The van der Waals surface area contributed by atoms with E-state index in [1.165, 1.54) is 12.1 Å². The second-order valence-electron chi connectivity index (χ2n) is 6.72. The molecule has 0 fully saturated rings. The molecule has 1 aromatic carbocycles. The first kappa shape index (κ1) is 20.5. The van der Waals surface area contributed by atoms with Gasteiger partial charge in [0.1, 0.15) is 6.33 Å². The molecule has 2 aromatic rings. The van der Waals surface area contributed by atoms with Gasteiger partial charge < -0.3 is 0 Å². The van der Waals surface area contributed by atoms with Crippen molar-refractivity contribution in [2.45, 2.75) is 38.1 Å². The van der Waals surface area contributed by atoms with E-state index in [1.54, 1.807) is 12.1 Å². The monoisotopic (exact) mass is 395 g/mol. The summed E-state index contributed by atoms with van der Waals surface area (Å²) in [5.74, 6) is -0.411. The van der Waals surface area contributed by atoms with Crippen molar-refractivity contribution in [2.75, 3.05) is 10.9 Å². The number of aryl methyl sites for hydroxylation is 1. The van der Waals surface area contributed by atoms with E-state index in [0.717, 1.165) is 11.9 Å². The summed E-state index contributed by atoms with van der Waals surface area (Å²) >= 11 is 0. The number of nitro groups is 1. The van der Waals surface area contributed by atoms with Gasteiger partial charge in [-0.3, -0.25) is 21.0 Å². The quantitative estimate of drug-likeness (QED) is 0.405. The highest BCUT2D eigenvalue weighted by molar-refractivity contribution is 7.89. The van der Waals surface area contributed by atoms with Crippen molar-refractivity contribution >= 4 is 27.3 Å². The van der Waals surface area contributed by atoms with Crippen LogP contribution in [0.2, 0.25) is 0 Å². The lowest BCUT2D eigenvalue weighted by Crippen LogP contribution is -2.40. The Balaban J connectivity index is 2.25. The average Bonchev–Trinajstić information content (AvgIpc) is 2.57. The van der Waals surface area contributed by atoms with Gasteiger partial charge in [-0.25, -0.2) is 23.8 Å². The second-order valence-corrected chi connectivity index (χ2v) is 8.40. The largest absolute Gasteiger partial charge is 0.355 e. The van der Waals surface area contributed by atoms with E-state index < -0.39 is 20.6 Å². The van der Waals surface area contributed by atoms with E-state index in [4.69, 9.17) is 0 Å². The van der Waals surface area contributed by atoms with Crippen molar-refractivity contribution in [1.29, 1.82) is 0 Å². The fourth-order valence-electron chi connectivity index (χ4n) is 1.87. The molecule has 0 aliphatic heterocycles. The number of nitrogens with zero attached hydrogens (tertiary/aromatic N) is 3. The fourth-order valence-corrected chi connectivity index (χ4v) is 2.72. The molecular weight excluding hydrogens is 374 g/mol. The van der Waals surface area contributed by atoms with Gasteiger partial charge in [-0.15, -0.1) is 4.83 Å². The Hall–Kier alpha value is -2.83. The summed E-state index contributed by atoms with van der Waals surface area (Å²) in [6.07, 6.45) is 1.07. The molecule has 11 nitrogen and oxygen atoms in total. The van der Waals surface area contributed by atoms with Gasteiger partial charge in [0, 0.05) is 5.54 Å². The van der Waals surface area contributed by atoms with Gasteiger partial charge in [0.2, 0.25) is 11.6 Å². The van der Waals surface area contributed by atoms with Crippen LogP contribution in [0.15, 0.2) is 35.5 Å². The third-order valence-electron chi connectivity index (χ3n) is 3.20. The van der Waals surface area contributed by atoms with Crippen molar-refractivity contribution in [2.24, 2.45) is 0 Å². The number of sulfonamides is 1. The molecule has 27 heavy (non-hydrogen) atoms. The van der Waals surface area contributed by atoms with Crippen LogP contribution in [-0.4, -0.2) is 28.8 Å². The molecule has 0 spiro atoms. The van der Waals surface area contributed by atoms with Crippen LogP contribution in [0.5, 0.6) is 0 Å². The Labute approximate surface area is 156 Å². The van der Waals surface area contributed by atoms with E-state index >= 15 is 0 Å². The highest BCUT2D eigenvalue weighted by Gasteiger charge is 2.25. The predicted octanol–water partition coefficient (Wildman–Crippen LogP) is 1.71. The van der Waals surface area contributed by atoms with Crippen LogP contribution in [0, 0.1) is 17.0 Å². The van der Waals surface area contributed by atoms with Gasteiger partial charge in [-0.05, 0) is 39.8 Å².